The van der Waals surface area contributed by atoms with E-state index in [2.05, 4.69) is 37.5 Å². The molecule has 0 unspecified atom stereocenters. The van der Waals surface area contributed by atoms with Gasteiger partial charge in [0.15, 0.2) is 0 Å². The van der Waals surface area contributed by atoms with Crippen molar-refractivity contribution in [1.82, 2.24) is 14.6 Å². The Morgan fingerprint density at radius 3 is 3.00 bits per heavy atom. The zero-order chi connectivity index (χ0) is 10.4. The van der Waals surface area contributed by atoms with Crippen LogP contribution in [0, 0.1) is 6.92 Å². The summed E-state index contributed by atoms with van der Waals surface area (Å²) in [6.45, 7) is 1.99. The highest BCUT2D eigenvalue weighted by molar-refractivity contribution is 9.10. The van der Waals surface area contributed by atoms with E-state index in [9.17, 15) is 0 Å². The molecule has 0 saturated carbocycles. The molecule has 0 N–H and O–H groups in total. The summed E-state index contributed by atoms with van der Waals surface area (Å²) in [6, 6.07) is 2.07. The first-order valence-electron chi connectivity index (χ1n) is 4.29. The number of aryl methyl sites for hydroxylation is 1. The summed E-state index contributed by atoms with van der Waals surface area (Å²) in [6.07, 6.45) is 1.97. The van der Waals surface area contributed by atoms with E-state index in [-0.39, 0.29) is 0 Å². The summed E-state index contributed by atoms with van der Waals surface area (Å²) in [4.78, 5) is 6.64. The van der Waals surface area contributed by atoms with Gasteiger partial charge in [0.2, 0.25) is 4.96 Å². The number of thiophene rings is 1. The maximum absolute atomic E-state index is 4.53. The van der Waals surface area contributed by atoms with Crippen LogP contribution in [0.3, 0.4) is 0 Å². The van der Waals surface area contributed by atoms with Crippen LogP contribution in [-0.4, -0.2) is 14.6 Å². The van der Waals surface area contributed by atoms with Crippen LogP contribution < -0.4 is 0 Å². The second kappa shape index (κ2) is 3.40. The average Bonchev–Trinajstić information content (AvgIpc) is 2.78. The highest BCUT2D eigenvalue weighted by Crippen LogP contribution is 2.30. The third-order valence-electron chi connectivity index (χ3n) is 1.96. The second-order valence-electron chi connectivity index (χ2n) is 3.10. The molecular formula is C9H6BrN3S2. The van der Waals surface area contributed by atoms with Crippen LogP contribution in [0.1, 0.15) is 5.01 Å². The predicted molar refractivity (Wildman–Crippen MR) is 66.6 cm³/mol. The normalized spacial score (nSPS) is 11.3. The molecule has 0 amide bonds. The van der Waals surface area contributed by atoms with E-state index in [0.29, 0.717) is 0 Å². The summed E-state index contributed by atoms with van der Waals surface area (Å²) < 4.78 is 2.94. The fraction of sp³-hybridized carbons (Fsp3) is 0.111. The highest BCUT2D eigenvalue weighted by atomic mass is 79.9. The van der Waals surface area contributed by atoms with E-state index >= 15 is 0 Å². The molecule has 0 aliphatic heterocycles. The molecule has 0 fully saturated rings. The lowest BCUT2D eigenvalue weighted by atomic mass is 10.4. The van der Waals surface area contributed by atoms with Gasteiger partial charge in [-0.15, -0.1) is 11.3 Å². The van der Waals surface area contributed by atoms with E-state index in [4.69, 9.17) is 0 Å². The molecule has 0 bridgehead atoms. The number of halogens is 1. The molecule has 3 nitrogen and oxygen atoms in total. The van der Waals surface area contributed by atoms with Gasteiger partial charge < -0.3 is 0 Å². The summed E-state index contributed by atoms with van der Waals surface area (Å²) in [5.41, 5.74) is 0.990. The molecule has 3 aromatic heterocycles. The molecule has 6 heteroatoms. The van der Waals surface area contributed by atoms with Crippen LogP contribution in [0.4, 0.5) is 0 Å². The van der Waals surface area contributed by atoms with Crippen molar-refractivity contribution in [1.29, 1.82) is 0 Å². The summed E-state index contributed by atoms with van der Waals surface area (Å²) in [7, 11) is 0. The lowest BCUT2D eigenvalue weighted by Crippen LogP contribution is -1.79. The maximum Gasteiger partial charge on any atom is 0.212 e. The zero-order valence-corrected chi connectivity index (χ0v) is 11.0. The zero-order valence-electron chi connectivity index (χ0n) is 7.77. The minimum Gasteiger partial charge on any atom is -0.217 e. The molecule has 0 aliphatic rings. The fourth-order valence-corrected chi connectivity index (χ4v) is 3.47. The van der Waals surface area contributed by atoms with Crippen molar-refractivity contribution in [3.8, 4) is 10.6 Å². The number of hydrogen-bond acceptors (Lipinski definition) is 4. The Kier molecular flexibility index (Phi) is 2.15. The van der Waals surface area contributed by atoms with Gasteiger partial charge in [0.1, 0.15) is 10.7 Å². The summed E-state index contributed by atoms with van der Waals surface area (Å²) >= 11 is 6.73. The summed E-state index contributed by atoms with van der Waals surface area (Å²) in [5, 5.41) is 7.43. The first-order chi connectivity index (χ1) is 7.22. The maximum atomic E-state index is 4.53. The van der Waals surface area contributed by atoms with Gasteiger partial charge in [-0.3, -0.25) is 0 Å². The number of aromatic nitrogens is 3. The van der Waals surface area contributed by atoms with Gasteiger partial charge in [-0.1, -0.05) is 11.3 Å². The van der Waals surface area contributed by atoms with Crippen molar-refractivity contribution in [2.75, 3.05) is 0 Å². The molecule has 0 spiro atoms. The Hall–Kier alpha value is -0.720. The first-order valence-corrected chi connectivity index (χ1v) is 6.78. The number of imidazole rings is 1. The van der Waals surface area contributed by atoms with E-state index in [1.54, 1.807) is 22.7 Å². The molecule has 3 heterocycles. The van der Waals surface area contributed by atoms with E-state index in [1.165, 1.54) is 0 Å². The van der Waals surface area contributed by atoms with Gasteiger partial charge in [0, 0.05) is 9.85 Å². The largest absolute Gasteiger partial charge is 0.217 e. The molecule has 0 radical (unpaired) electrons. The Balaban J connectivity index is 2.15. The average molecular weight is 300 g/mol. The third kappa shape index (κ3) is 1.62. The van der Waals surface area contributed by atoms with Crippen molar-refractivity contribution >= 4 is 43.6 Å². The third-order valence-corrected chi connectivity index (χ3v) is 4.52. The first kappa shape index (κ1) is 9.50. The molecule has 0 atom stereocenters. The SMILES string of the molecule is Cc1nn2cc(-c3cc(Br)cs3)nc2s1. The lowest BCUT2D eigenvalue weighted by molar-refractivity contribution is 0.946. The number of nitrogens with zero attached hydrogens (tertiary/aromatic N) is 3. The van der Waals surface area contributed by atoms with E-state index in [0.717, 1.165) is 25.0 Å². The van der Waals surface area contributed by atoms with Crippen molar-refractivity contribution < 1.29 is 0 Å². The van der Waals surface area contributed by atoms with Crippen molar-refractivity contribution in [3.05, 3.63) is 27.1 Å². The Morgan fingerprint density at radius 1 is 1.47 bits per heavy atom. The molecule has 3 aromatic rings. The summed E-state index contributed by atoms with van der Waals surface area (Å²) in [5.74, 6) is 0. The van der Waals surface area contributed by atoms with Crippen LogP contribution in [0.25, 0.3) is 15.5 Å². The predicted octanol–water partition coefficient (Wildman–Crippen LogP) is 3.59. The molecule has 76 valence electrons. The monoisotopic (exact) mass is 299 g/mol. The standard InChI is InChI=1S/C9H6BrN3S2/c1-5-12-13-3-7(11-9(13)15-5)8-2-6(10)4-14-8/h2-4H,1H3. The van der Waals surface area contributed by atoms with E-state index in [1.807, 2.05) is 17.6 Å². The van der Waals surface area contributed by atoms with Crippen LogP contribution >= 0.6 is 38.6 Å². The van der Waals surface area contributed by atoms with Gasteiger partial charge in [-0.05, 0) is 28.9 Å². The number of rotatable bonds is 1. The quantitative estimate of drug-likeness (QED) is 0.687. The van der Waals surface area contributed by atoms with Crippen LogP contribution in [0.15, 0.2) is 22.1 Å². The minimum absolute atomic E-state index is 0.951. The van der Waals surface area contributed by atoms with Gasteiger partial charge in [-0.2, -0.15) is 5.10 Å². The Bertz CT molecular complexity index is 591. The van der Waals surface area contributed by atoms with Gasteiger partial charge >= 0.3 is 0 Å². The lowest BCUT2D eigenvalue weighted by Gasteiger charge is -1.85. The molecule has 0 aliphatic carbocycles. The molecule has 15 heavy (non-hydrogen) atoms. The van der Waals surface area contributed by atoms with Crippen LogP contribution in [0.5, 0.6) is 0 Å². The molecular weight excluding hydrogens is 294 g/mol. The smallest absolute Gasteiger partial charge is 0.212 e. The number of hydrogen-bond donors (Lipinski definition) is 0. The fourth-order valence-electron chi connectivity index (χ4n) is 1.37. The molecule has 3 rings (SSSR count). The van der Waals surface area contributed by atoms with Crippen molar-refractivity contribution in [3.63, 3.8) is 0 Å². The van der Waals surface area contributed by atoms with Gasteiger partial charge in [0.05, 0.1) is 11.1 Å². The van der Waals surface area contributed by atoms with Crippen LogP contribution in [-0.2, 0) is 0 Å². The van der Waals surface area contributed by atoms with Gasteiger partial charge in [0.25, 0.3) is 0 Å². The topological polar surface area (TPSA) is 30.2 Å². The van der Waals surface area contributed by atoms with Crippen LogP contribution in [0.2, 0.25) is 0 Å². The Labute approximate surface area is 103 Å². The molecule has 0 saturated heterocycles. The second-order valence-corrected chi connectivity index (χ2v) is 6.09. The molecule has 0 aromatic carbocycles. The van der Waals surface area contributed by atoms with Gasteiger partial charge in [-0.25, -0.2) is 9.50 Å². The van der Waals surface area contributed by atoms with E-state index < -0.39 is 0 Å². The minimum atomic E-state index is 0.951. The highest BCUT2D eigenvalue weighted by Gasteiger charge is 2.09. The number of fused-ring (bicyclic) bond motifs is 1. The Morgan fingerprint density at radius 2 is 2.33 bits per heavy atom. The van der Waals surface area contributed by atoms with Crippen molar-refractivity contribution in [2.45, 2.75) is 6.92 Å². The van der Waals surface area contributed by atoms with Crippen molar-refractivity contribution in [2.24, 2.45) is 0 Å².